The molecule has 0 atom stereocenters. The molecule has 0 heterocycles. The lowest BCUT2D eigenvalue weighted by atomic mass is 10.2. The lowest BCUT2D eigenvalue weighted by Crippen LogP contribution is -1.92. The number of methoxy groups -OCH3 is 1. The number of halogens is 1. The van der Waals surface area contributed by atoms with Crippen LogP contribution in [0, 0.1) is 11.3 Å². The third kappa shape index (κ3) is 2.90. The maximum atomic E-state index is 10.7. The summed E-state index contributed by atoms with van der Waals surface area (Å²) in [5, 5.41) is 9.12. The number of nitrogens with zero attached hydrogens (tertiary/aromatic N) is 1. The van der Waals surface area contributed by atoms with Gasteiger partial charge in [-0.1, -0.05) is 11.6 Å². The zero-order chi connectivity index (χ0) is 14.5. The van der Waals surface area contributed by atoms with Gasteiger partial charge in [0.25, 0.3) is 0 Å². The van der Waals surface area contributed by atoms with Gasteiger partial charge in [0.1, 0.15) is 18.1 Å². The molecule has 0 saturated carbocycles. The SMILES string of the molecule is COc1cc(C=O)ccc1Oc1ccc(C#N)c(Cl)c1. The van der Waals surface area contributed by atoms with Gasteiger partial charge in [0.05, 0.1) is 17.7 Å². The minimum Gasteiger partial charge on any atom is -0.493 e. The Hall–Kier alpha value is -2.51. The summed E-state index contributed by atoms with van der Waals surface area (Å²) in [5.74, 6) is 1.38. The lowest BCUT2D eigenvalue weighted by molar-refractivity contribution is 0.112. The maximum Gasteiger partial charge on any atom is 0.169 e. The van der Waals surface area contributed by atoms with Gasteiger partial charge in [-0.3, -0.25) is 4.79 Å². The summed E-state index contributed by atoms with van der Waals surface area (Å²) < 4.78 is 10.8. The maximum absolute atomic E-state index is 10.7. The number of carbonyl (C=O) groups excluding carboxylic acids is 1. The lowest BCUT2D eigenvalue weighted by Gasteiger charge is -2.11. The molecule has 0 aliphatic rings. The zero-order valence-electron chi connectivity index (χ0n) is 10.6. The van der Waals surface area contributed by atoms with Crippen LogP contribution in [0.1, 0.15) is 15.9 Å². The third-order valence-electron chi connectivity index (χ3n) is 2.61. The number of nitriles is 1. The van der Waals surface area contributed by atoms with Crippen molar-refractivity contribution in [2.45, 2.75) is 0 Å². The Morgan fingerprint density at radius 1 is 1.20 bits per heavy atom. The summed E-state index contributed by atoms with van der Waals surface area (Å²) in [4.78, 5) is 10.7. The van der Waals surface area contributed by atoms with E-state index in [9.17, 15) is 4.79 Å². The molecule has 2 rings (SSSR count). The topological polar surface area (TPSA) is 59.3 Å². The van der Waals surface area contributed by atoms with Crippen molar-refractivity contribution < 1.29 is 14.3 Å². The summed E-state index contributed by atoms with van der Waals surface area (Å²) in [5.41, 5.74) is 0.870. The first-order chi connectivity index (χ1) is 9.67. The quantitative estimate of drug-likeness (QED) is 0.802. The van der Waals surface area contributed by atoms with Gasteiger partial charge in [-0.2, -0.15) is 5.26 Å². The van der Waals surface area contributed by atoms with E-state index in [1.807, 2.05) is 6.07 Å². The second-order valence-corrected chi connectivity index (χ2v) is 4.29. The molecule has 0 amide bonds. The molecule has 2 aromatic carbocycles. The van der Waals surface area contributed by atoms with Crippen molar-refractivity contribution in [3.8, 4) is 23.3 Å². The van der Waals surface area contributed by atoms with E-state index in [-0.39, 0.29) is 0 Å². The van der Waals surface area contributed by atoms with Crippen molar-refractivity contribution >= 4 is 17.9 Å². The van der Waals surface area contributed by atoms with Crippen molar-refractivity contribution in [2.24, 2.45) is 0 Å². The highest BCUT2D eigenvalue weighted by Gasteiger charge is 2.08. The van der Waals surface area contributed by atoms with Crippen molar-refractivity contribution in [1.82, 2.24) is 0 Å². The highest BCUT2D eigenvalue weighted by molar-refractivity contribution is 6.31. The fourth-order valence-electron chi connectivity index (χ4n) is 1.62. The fourth-order valence-corrected chi connectivity index (χ4v) is 1.83. The van der Waals surface area contributed by atoms with Gasteiger partial charge in [-0.15, -0.1) is 0 Å². The molecule has 20 heavy (non-hydrogen) atoms. The second-order valence-electron chi connectivity index (χ2n) is 3.88. The first-order valence-corrected chi connectivity index (χ1v) is 6.06. The fraction of sp³-hybridized carbons (Fsp3) is 0.0667. The molecule has 0 spiro atoms. The molecule has 0 aromatic heterocycles. The number of benzene rings is 2. The normalized spacial score (nSPS) is 9.65. The number of rotatable bonds is 4. The number of ether oxygens (including phenoxy) is 2. The van der Waals surface area contributed by atoms with Crippen molar-refractivity contribution in [3.05, 3.63) is 52.5 Å². The molecular formula is C15H10ClNO3. The van der Waals surface area contributed by atoms with Crippen molar-refractivity contribution in [3.63, 3.8) is 0 Å². The minimum atomic E-state index is 0.313. The predicted molar refractivity (Wildman–Crippen MR) is 74.6 cm³/mol. The van der Waals surface area contributed by atoms with Crippen LogP contribution in [0.2, 0.25) is 5.02 Å². The largest absolute Gasteiger partial charge is 0.493 e. The van der Waals surface area contributed by atoms with Crippen LogP contribution < -0.4 is 9.47 Å². The standard InChI is InChI=1S/C15H10ClNO3/c1-19-15-6-10(9-18)2-5-14(15)20-12-4-3-11(8-17)13(16)7-12/h2-7,9H,1H3. The summed E-state index contributed by atoms with van der Waals surface area (Å²) in [6.07, 6.45) is 0.727. The first kappa shape index (κ1) is 13.9. The van der Waals surface area contributed by atoms with E-state index in [4.69, 9.17) is 26.3 Å². The zero-order valence-corrected chi connectivity index (χ0v) is 11.3. The predicted octanol–water partition coefficient (Wildman–Crippen LogP) is 3.83. The number of carbonyl (C=O) groups is 1. The summed E-state index contributed by atoms with van der Waals surface area (Å²) in [7, 11) is 1.49. The van der Waals surface area contributed by atoms with E-state index in [0.717, 1.165) is 6.29 Å². The molecule has 0 radical (unpaired) electrons. The van der Waals surface area contributed by atoms with Crippen LogP contribution in [0.25, 0.3) is 0 Å². The second kappa shape index (κ2) is 6.09. The van der Waals surface area contributed by atoms with Crippen molar-refractivity contribution in [1.29, 1.82) is 5.26 Å². The molecule has 0 N–H and O–H groups in total. The van der Waals surface area contributed by atoms with E-state index < -0.39 is 0 Å². The summed E-state index contributed by atoms with van der Waals surface area (Å²) in [6, 6.07) is 11.6. The Labute approximate surface area is 121 Å². The Bertz CT molecular complexity index is 692. The van der Waals surface area contributed by atoms with Crippen LogP contribution in [-0.2, 0) is 0 Å². The van der Waals surface area contributed by atoms with Gasteiger partial charge in [-0.25, -0.2) is 0 Å². The van der Waals surface area contributed by atoms with Gasteiger partial charge in [-0.05, 0) is 30.3 Å². The minimum absolute atomic E-state index is 0.313. The van der Waals surface area contributed by atoms with E-state index in [1.54, 1.807) is 36.4 Å². The number of hydrogen-bond acceptors (Lipinski definition) is 4. The highest BCUT2D eigenvalue weighted by Crippen LogP contribution is 2.33. The smallest absolute Gasteiger partial charge is 0.169 e. The highest BCUT2D eigenvalue weighted by atomic mass is 35.5. The molecule has 0 aliphatic carbocycles. The summed E-state index contributed by atoms with van der Waals surface area (Å²) >= 11 is 5.94. The first-order valence-electron chi connectivity index (χ1n) is 5.68. The molecule has 0 aliphatic heterocycles. The molecule has 0 saturated heterocycles. The Morgan fingerprint density at radius 3 is 2.60 bits per heavy atom. The van der Waals surface area contributed by atoms with Gasteiger partial charge >= 0.3 is 0 Å². The average Bonchev–Trinajstić information content (AvgIpc) is 2.48. The van der Waals surface area contributed by atoms with Crippen LogP contribution in [0.15, 0.2) is 36.4 Å². The Morgan fingerprint density at radius 2 is 2.00 bits per heavy atom. The van der Waals surface area contributed by atoms with Crippen LogP contribution >= 0.6 is 11.6 Å². The molecule has 100 valence electrons. The Kier molecular flexibility index (Phi) is 4.24. The van der Waals surface area contributed by atoms with E-state index >= 15 is 0 Å². The van der Waals surface area contributed by atoms with E-state index in [1.165, 1.54) is 7.11 Å². The van der Waals surface area contributed by atoms with Crippen LogP contribution in [-0.4, -0.2) is 13.4 Å². The van der Waals surface area contributed by atoms with Crippen LogP contribution in [0.5, 0.6) is 17.2 Å². The molecule has 0 unspecified atom stereocenters. The third-order valence-corrected chi connectivity index (χ3v) is 2.93. The van der Waals surface area contributed by atoms with Crippen LogP contribution in [0.4, 0.5) is 0 Å². The average molecular weight is 288 g/mol. The molecule has 0 fully saturated rings. The molecule has 0 bridgehead atoms. The number of aldehydes is 1. The Balaban J connectivity index is 2.32. The van der Waals surface area contributed by atoms with Crippen molar-refractivity contribution in [2.75, 3.05) is 7.11 Å². The molecule has 5 heteroatoms. The molecule has 4 nitrogen and oxygen atoms in total. The number of hydrogen-bond donors (Lipinski definition) is 0. The van der Waals surface area contributed by atoms with Crippen LogP contribution in [0.3, 0.4) is 0 Å². The van der Waals surface area contributed by atoms with E-state index in [2.05, 4.69) is 0 Å². The molecule has 2 aromatic rings. The van der Waals surface area contributed by atoms with E-state index in [0.29, 0.717) is 33.4 Å². The van der Waals surface area contributed by atoms with Gasteiger partial charge in [0.2, 0.25) is 0 Å². The van der Waals surface area contributed by atoms with Gasteiger partial charge in [0.15, 0.2) is 11.5 Å². The monoisotopic (exact) mass is 287 g/mol. The molecular weight excluding hydrogens is 278 g/mol. The van der Waals surface area contributed by atoms with Gasteiger partial charge < -0.3 is 9.47 Å². The summed E-state index contributed by atoms with van der Waals surface area (Å²) in [6.45, 7) is 0. The van der Waals surface area contributed by atoms with Gasteiger partial charge in [0, 0.05) is 11.6 Å².